The Morgan fingerprint density at radius 2 is 2.04 bits per heavy atom. The molecule has 0 spiro atoms. The van der Waals surface area contributed by atoms with Gasteiger partial charge in [0.05, 0.1) is 25.5 Å². The van der Waals surface area contributed by atoms with Crippen LogP contribution in [-0.2, 0) is 5.75 Å². The first kappa shape index (κ1) is 17.0. The summed E-state index contributed by atoms with van der Waals surface area (Å²) in [6.45, 7) is 1.76. The lowest BCUT2D eigenvalue weighted by Gasteiger charge is -2.07. The minimum atomic E-state index is -0.191. The zero-order valence-corrected chi connectivity index (χ0v) is 14.7. The van der Waals surface area contributed by atoms with E-state index in [1.807, 2.05) is 0 Å². The van der Waals surface area contributed by atoms with Crippen LogP contribution in [0.15, 0.2) is 38.7 Å². The molecule has 0 unspecified atom stereocenters. The van der Waals surface area contributed by atoms with Crippen LogP contribution in [0.4, 0.5) is 0 Å². The lowest BCUT2D eigenvalue weighted by Crippen LogP contribution is -2.08. The zero-order valence-electron chi connectivity index (χ0n) is 13.9. The highest BCUT2D eigenvalue weighted by Crippen LogP contribution is 2.32. The fraction of sp³-hybridized carbons (Fsp3) is 0.250. The zero-order chi connectivity index (χ0) is 17.8. The molecule has 3 rings (SSSR count). The Hall–Kier alpha value is -2.81. The van der Waals surface area contributed by atoms with Crippen molar-refractivity contribution in [3.05, 3.63) is 46.2 Å². The fourth-order valence-corrected chi connectivity index (χ4v) is 2.91. The Morgan fingerprint density at radius 3 is 2.76 bits per heavy atom. The molecule has 25 heavy (non-hydrogen) atoms. The van der Waals surface area contributed by atoms with E-state index in [-0.39, 0.29) is 5.56 Å². The third-order valence-corrected chi connectivity index (χ3v) is 4.16. The van der Waals surface area contributed by atoms with Crippen molar-refractivity contribution >= 4 is 11.8 Å². The average Bonchev–Trinajstić information content (AvgIpc) is 3.07. The van der Waals surface area contributed by atoms with Crippen LogP contribution in [0.1, 0.15) is 11.6 Å². The Bertz CT molecular complexity index is 938. The predicted molar refractivity (Wildman–Crippen MR) is 92.0 cm³/mol. The first-order valence-electron chi connectivity index (χ1n) is 7.35. The molecule has 130 valence electrons. The minimum absolute atomic E-state index is 0.191. The average molecular weight is 360 g/mol. The lowest BCUT2D eigenvalue weighted by atomic mass is 10.2. The number of nitrogens with one attached hydrogen (secondary N) is 1. The molecule has 0 bridgehead atoms. The molecule has 2 aromatic heterocycles. The summed E-state index contributed by atoms with van der Waals surface area (Å²) in [4.78, 5) is 22.7. The summed E-state index contributed by atoms with van der Waals surface area (Å²) in [7, 11) is 3.15. The predicted octanol–water partition coefficient (Wildman–Crippen LogP) is 2.44. The maximum atomic E-state index is 11.4. The number of aryl methyl sites for hydroxylation is 1. The second-order valence-corrected chi connectivity index (χ2v) is 6.02. The molecule has 0 aliphatic carbocycles. The van der Waals surface area contributed by atoms with Crippen LogP contribution in [-0.4, -0.2) is 34.3 Å². The minimum Gasteiger partial charge on any atom is -0.497 e. The second kappa shape index (κ2) is 7.39. The molecule has 1 N–H and O–H groups in total. The van der Waals surface area contributed by atoms with Gasteiger partial charge in [-0.05, 0) is 19.1 Å². The monoisotopic (exact) mass is 360 g/mol. The van der Waals surface area contributed by atoms with Crippen LogP contribution < -0.4 is 15.0 Å². The smallest absolute Gasteiger partial charge is 0.251 e. The van der Waals surface area contributed by atoms with Gasteiger partial charge in [-0.1, -0.05) is 16.9 Å². The number of hydrogen-bond donors (Lipinski definition) is 1. The fourth-order valence-electron chi connectivity index (χ4n) is 2.16. The topological polar surface area (TPSA) is 103 Å². The van der Waals surface area contributed by atoms with Gasteiger partial charge in [0, 0.05) is 17.8 Å². The third-order valence-electron chi connectivity index (χ3n) is 3.30. The van der Waals surface area contributed by atoms with Crippen LogP contribution in [0.3, 0.4) is 0 Å². The Kier molecular flexibility index (Phi) is 5.03. The Labute approximate surface area is 147 Å². The standard InChI is InChI=1S/C16H16N4O4S/c1-9-6-13(21)18-16(17-9)25-8-14-19-15(20-24-14)11-5-4-10(22-2)7-12(11)23-3/h4-7H,8H2,1-3H3,(H,17,18,21). The summed E-state index contributed by atoms with van der Waals surface area (Å²) < 4.78 is 15.8. The molecule has 0 aliphatic rings. The van der Waals surface area contributed by atoms with Crippen molar-refractivity contribution in [3.63, 3.8) is 0 Å². The molecule has 0 fully saturated rings. The van der Waals surface area contributed by atoms with Crippen LogP contribution in [0.2, 0.25) is 0 Å². The molecule has 0 saturated carbocycles. The molecule has 8 nitrogen and oxygen atoms in total. The summed E-state index contributed by atoms with van der Waals surface area (Å²) in [5.41, 5.74) is 1.16. The maximum absolute atomic E-state index is 11.4. The van der Waals surface area contributed by atoms with Gasteiger partial charge in [0.1, 0.15) is 11.5 Å². The van der Waals surface area contributed by atoms with Crippen molar-refractivity contribution in [2.24, 2.45) is 0 Å². The van der Waals surface area contributed by atoms with Crippen molar-refractivity contribution in [2.45, 2.75) is 17.8 Å². The molecular weight excluding hydrogens is 344 g/mol. The van der Waals surface area contributed by atoms with E-state index in [1.54, 1.807) is 39.3 Å². The number of hydrogen-bond acceptors (Lipinski definition) is 8. The van der Waals surface area contributed by atoms with Crippen molar-refractivity contribution < 1.29 is 14.0 Å². The van der Waals surface area contributed by atoms with Gasteiger partial charge in [0.2, 0.25) is 11.7 Å². The first-order chi connectivity index (χ1) is 12.1. The van der Waals surface area contributed by atoms with E-state index in [9.17, 15) is 4.79 Å². The Balaban J connectivity index is 1.77. The van der Waals surface area contributed by atoms with Gasteiger partial charge < -0.3 is 19.0 Å². The van der Waals surface area contributed by atoms with Crippen molar-refractivity contribution in [1.29, 1.82) is 0 Å². The highest BCUT2D eigenvalue weighted by molar-refractivity contribution is 7.98. The number of aromatic nitrogens is 4. The summed E-state index contributed by atoms with van der Waals surface area (Å²) >= 11 is 1.31. The molecule has 2 heterocycles. The molecule has 0 saturated heterocycles. The van der Waals surface area contributed by atoms with E-state index in [1.165, 1.54) is 17.8 Å². The third kappa shape index (κ3) is 4.00. The molecular formula is C16H16N4O4S. The van der Waals surface area contributed by atoms with Gasteiger partial charge in [0.25, 0.3) is 5.56 Å². The van der Waals surface area contributed by atoms with Crippen molar-refractivity contribution in [3.8, 4) is 22.9 Å². The Morgan fingerprint density at radius 1 is 1.20 bits per heavy atom. The quantitative estimate of drug-likeness (QED) is 0.528. The van der Waals surface area contributed by atoms with Crippen LogP contribution in [0, 0.1) is 6.92 Å². The number of ether oxygens (including phenoxy) is 2. The van der Waals surface area contributed by atoms with E-state index in [4.69, 9.17) is 14.0 Å². The SMILES string of the molecule is COc1ccc(-c2noc(CSc3nc(C)cc(=O)[nH]3)n2)c(OC)c1. The summed E-state index contributed by atoms with van der Waals surface area (Å²) in [6.07, 6.45) is 0. The van der Waals surface area contributed by atoms with Crippen molar-refractivity contribution in [2.75, 3.05) is 14.2 Å². The number of thioether (sulfide) groups is 1. The highest BCUT2D eigenvalue weighted by atomic mass is 32.2. The molecule has 0 amide bonds. The number of nitrogens with zero attached hydrogens (tertiary/aromatic N) is 3. The molecule has 1 aromatic carbocycles. The van der Waals surface area contributed by atoms with Gasteiger partial charge in [-0.25, -0.2) is 4.98 Å². The van der Waals surface area contributed by atoms with E-state index in [0.29, 0.717) is 45.4 Å². The van der Waals surface area contributed by atoms with Gasteiger partial charge >= 0.3 is 0 Å². The maximum Gasteiger partial charge on any atom is 0.251 e. The number of H-pyrrole nitrogens is 1. The van der Waals surface area contributed by atoms with Gasteiger partial charge in [-0.2, -0.15) is 4.98 Å². The van der Waals surface area contributed by atoms with E-state index < -0.39 is 0 Å². The number of methoxy groups -OCH3 is 2. The summed E-state index contributed by atoms with van der Waals surface area (Å²) in [5, 5.41) is 4.49. The van der Waals surface area contributed by atoms with Gasteiger partial charge in [0.15, 0.2) is 5.16 Å². The lowest BCUT2D eigenvalue weighted by molar-refractivity contribution is 0.388. The van der Waals surface area contributed by atoms with Crippen molar-refractivity contribution in [1.82, 2.24) is 20.1 Å². The van der Waals surface area contributed by atoms with Gasteiger partial charge in [-0.15, -0.1) is 0 Å². The number of rotatable bonds is 6. The summed E-state index contributed by atoms with van der Waals surface area (Å²) in [6, 6.07) is 6.79. The molecule has 3 aromatic rings. The van der Waals surface area contributed by atoms with Crippen LogP contribution >= 0.6 is 11.8 Å². The number of benzene rings is 1. The largest absolute Gasteiger partial charge is 0.497 e. The molecule has 0 radical (unpaired) electrons. The van der Waals surface area contributed by atoms with E-state index >= 15 is 0 Å². The van der Waals surface area contributed by atoms with E-state index in [2.05, 4.69) is 20.1 Å². The van der Waals surface area contributed by atoms with Crippen LogP contribution in [0.5, 0.6) is 11.5 Å². The highest BCUT2D eigenvalue weighted by Gasteiger charge is 2.15. The van der Waals surface area contributed by atoms with Gasteiger partial charge in [-0.3, -0.25) is 4.79 Å². The number of aromatic amines is 1. The molecule has 0 aliphatic heterocycles. The van der Waals surface area contributed by atoms with Crippen LogP contribution in [0.25, 0.3) is 11.4 Å². The summed E-state index contributed by atoms with van der Waals surface area (Å²) in [5.74, 6) is 2.49. The normalized spacial score (nSPS) is 10.7. The molecule has 9 heteroatoms. The molecule has 0 atom stereocenters. The first-order valence-corrected chi connectivity index (χ1v) is 8.33. The second-order valence-electron chi connectivity index (χ2n) is 5.06. The van der Waals surface area contributed by atoms with E-state index in [0.717, 1.165) is 0 Å².